The number of piperazine rings is 1. The van der Waals surface area contributed by atoms with E-state index in [4.69, 9.17) is 10.2 Å². The highest BCUT2D eigenvalue weighted by Crippen LogP contribution is 2.20. The van der Waals surface area contributed by atoms with Crippen LogP contribution in [0.2, 0.25) is 0 Å². The number of primary amides is 1. The highest BCUT2D eigenvalue weighted by molar-refractivity contribution is 7.89. The summed E-state index contributed by atoms with van der Waals surface area (Å²) in [4.78, 5) is 37.7. The summed E-state index contributed by atoms with van der Waals surface area (Å²) in [7, 11) is -2.30. The van der Waals surface area contributed by atoms with Crippen molar-refractivity contribution in [3.8, 4) is 0 Å². The highest BCUT2D eigenvalue weighted by Gasteiger charge is 2.32. The van der Waals surface area contributed by atoms with Crippen molar-refractivity contribution in [1.29, 1.82) is 0 Å². The Hall–Kier alpha value is -3.38. The summed E-state index contributed by atoms with van der Waals surface area (Å²) in [6.07, 6.45) is 1.34. The van der Waals surface area contributed by atoms with Gasteiger partial charge in [0.25, 0.3) is 5.91 Å². The molecule has 164 valence electrons. The number of aromatic nitrogens is 2. The number of hydrogen-bond donors (Lipinski definition) is 1. The molecular formula is C19H21N5O6S. The van der Waals surface area contributed by atoms with E-state index in [-0.39, 0.29) is 49.2 Å². The predicted octanol–water partition coefficient (Wildman–Crippen LogP) is -0.435. The molecule has 2 N–H and O–H groups in total. The van der Waals surface area contributed by atoms with Crippen molar-refractivity contribution in [2.24, 2.45) is 12.8 Å². The standard InChI is InChI=1S/C19H21N5O6S/c1-21-11-13(10-15(21)18(20)26)31(28,29)23-8-6-22(7-9-23)17(25)12-24-14-4-2-3-5-16(14)30-19(24)27/h2-5,10-11H,6-9,12H2,1H3,(H2,20,26). The Morgan fingerprint density at radius 2 is 1.81 bits per heavy atom. The van der Waals surface area contributed by atoms with Crippen LogP contribution in [0.25, 0.3) is 11.1 Å². The van der Waals surface area contributed by atoms with E-state index < -0.39 is 21.7 Å². The molecule has 0 atom stereocenters. The number of carbonyl (C=O) groups is 2. The lowest BCUT2D eigenvalue weighted by atomic mass is 10.3. The first-order valence-electron chi connectivity index (χ1n) is 9.51. The van der Waals surface area contributed by atoms with Gasteiger partial charge in [-0.3, -0.25) is 14.2 Å². The molecule has 4 rings (SSSR count). The van der Waals surface area contributed by atoms with Crippen molar-refractivity contribution in [1.82, 2.24) is 18.3 Å². The van der Waals surface area contributed by atoms with Crippen molar-refractivity contribution in [2.75, 3.05) is 26.2 Å². The van der Waals surface area contributed by atoms with Crippen molar-refractivity contribution in [3.05, 3.63) is 52.8 Å². The highest BCUT2D eigenvalue weighted by atomic mass is 32.2. The Balaban J connectivity index is 1.45. The minimum Gasteiger partial charge on any atom is -0.408 e. The number of fused-ring (bicyclic) bond motifs is 1. The molecule has 11 nitrogen and oxygen atoms in total. The maximum Gasteiger partial charge on any atom is 0.420 e. The number of sulfonamides is 1. The number of benzene rings is 1. The molecule has 0 aliphatic carbocycles. The van der Waals surface area contributed by atoms with E-state index in [0.717, 1.165) is 0 Å². The van der Waals surface area contributed by atoms with Gasteiger partial charge in [-0.2, -0.15) is 4.31 Å². The summed E-state index contributed by atoms with van der Waals surface area (Å²) in [5, 5.41) is 0. The zero-order valence-electron chi connectivity index (χ0n) is 16.7. The Labute approximate surface area is 177 Å². The molecule has 0 saturated carbocycles. The number of hydrogen-bond acceptors (Lipinski definition) is 6. The van der Waals surface area contributed by atoms with E-state index >= 15 is 0 Å². The van der Waals surface area contributed by atoms with Gasteiger partial charge in [0.05, 0.1) is 5.52 Å². The number of carbonyl (C=O) groups excluding carboxylic acids is 2. The molecule has 1 aliphatic heterocycles. The first kappa shape index (κ1) is 20.9. The lowest BCUT2D eigenvalue weighted by Gasteiger charge is -2.33. The lowest BCUT2D eigenvalue weighted by molar-refractivity contribution is -0.133. The fraction of sp³-hybridized carbons (Fsp3) is 0.316. The summed E-state index contributed by atoms with van der Waals surface area (Å²) in [6.45, 7) is 0.352. The number of aryl methyl sites for hydroxylation is 1. The van der Waals surface area contributed by atoms with Gasteiger partial charge in [0.15, 0.2) is 5.58 Å². The van der Waals surface area contributed by atoms with Crippen molar-refractivity contribution in [2.45, 2.75) is 11.4 Å². The van der Waals surface area contributed by atoms with Gasteiger partial charge in [0, 0.05) is 39.4 Å². The topological polar surface area (TPSA) is 141 Å². The minimum absolute atomic E-state index is 0.0278. The smallest absolute Gasteiger partial charge is 0.408 e. The summed E-state index contributed by atoms with van der Waals surface area (Å²) >= 11 is 0. The van der Waals surface area contributed by atoms with Crippen LogP contribution < -0.4 is 11.5 Å². The fourth-order valence-electron chi connectivity index (χ4n) is 3.65. The van der Waals surface area contributed by atoms with Crippen LogP contribution in [-0.2, 0) is 28.4 Å². The number of rotatable bonds is 5. The average molecular weight is 447 g/mol. The molecule has 1 fully saturated rings. The summed E-state index contributed by atoms with van der Waals surface area (Å²) in [5.41, 5.74) is 6.27. The Morgan fingerprint density at radius 1 is 1.13 bits per heavy atom. The van der Waals surface area contributed by atoms with Crippen molar-refractivity contribution in [3.63, 3.8) is 0 Å². The van der Waals surface area contributed by atoms with E-state index in [2.05, 4.69) is 0 Å². The molecule has 3 heterocycles. The van der Waals surface area contributed by atoms with Crippen LogP contribution in [0.3, 0.4) is 0 Å². The number of para-hydroxylation sites is 2. The van der Waals surface area contributed by atoms with Crippen LogP contribution in [0.4, 0.5) is 0 Å². The average Bonchev–Trinajstić information content (AvgIpc) is 3.29. The quantitative estimate of drug-likeness (QED) is 0.562. The first-order valence-corrected chi connectivity index (χ1v) is 10.9. The molecule has 2 aromatic heterocycles. The van der Waals surface area contributed by atoms with E-state index in [1.165, 1.54) is 37.7 Å². The number of amides is 2. The van der Waals surface area contributed by atoms with Gasteiger partial charge in [0.1, 0.15) is 17.1 Å². The second-order valence-corrected chi connectivity index (χ2v) is 9.18. The minimum atomic E-state index is -3.84. The van der Waals surface area contributed by atoms with Crippen molar-refractivity contribution < 1.29 is 22.4 Å². The molecule has 1 aromatic carbocycles. The summed E-state index contributed by atoms with van der Waals surface area (Å²) in [6, 6.07) is 8.06. The van der Waals surface area contributed by atoms with Crippen LogP contribution in [0.15, 0.2) is 50.6 Å². The normalized spacial score (nSPS) is 15.5. The Bertz CT molecular complexity index is 1330. The third-order valence-electron chi connectivity index (χ3n) is 5.33. The third kappa shape index (κ3) is 3.75. The van der Waals surface area contributed by atoms with Crippen LogP contribution in [0.5, 0.6) is 0 Å². The third-order valence-corrected chi connectivity index (χ3v) is 7.19. The Morgan fingerprint density at radius 3 is 2.45 bits per heavy atom. The molecule has 0 bridgehead atoms. The number of oxazole rings is 1. The van der Waals surface area contributed by atoms with Gasteiger partial charge >= 0.3 is 5.76 Å². The summed E-state index contributed by atoms with van der Waals surface area (Å²) in [5.74, 6) is -1.65. The maximum atomic E-state index is 12.9. The molecule has 0 spiro atoms. The fourth-order valence-corrected chi connectivity index (χ4v) is 5.14. The summed E-state index contributed by atoms with van der Waals surface area (Å²) < 4.78 is 34.8. The largest absolute Gasteiger partial charge is 0.420 e. The van der Waals surface area contributed by atoms with Gasteiger partial charge in [-0.05, 0) is 18.2 Å². The molecule has 31 heavy (non-hydrogen) atoms. The van der Waals surface area contributed by atoms with Crippen molar-refractivity contribution >= 4 is 32.9 Å². The van der Waals surface area contributed by atoms with E-state index in [9.17, 15) is 22.8 Å². The molecule has 1 aliphatic rings. The van der Waals surface area contributed by atoms with Gasteiger partial charge in [0.2, 0.25) is 15.9 Å². The molecule has 12 heteroatoms. The number of nitrogens with two attached hydrogens (primary N) is 1. The van der Waals surface area contributed by atoms with E-state index in [0.29, 0.717) is 11.1 Å². The molecule has 3 aromatic rings. The van der Waals surface area contributed by atoms with Crippen LogP contribution in [-0.4, -0.2) is 64.8 Å². The van der Waals surface area contributed by atoms with Crippen LogP contribution in [0, 0.1) is 0 Å². The maximum absolute atomic E-state index is 12.9. The van der Waals surface area contributed by atoms with Crippen LogP contribution in [0.1, 0.15) is 10.5 Å². The second-order valence-electron chi connectivity index (χ2n) is 7.24. The number of nitrogens with zero attached hydrogens (tertiary/aromatic N) is 4. The van der Waals surface area contributed by atoms with E-state index in [1.807, 2.05) is 0 Å². The zero-order valence-corrected chi connectivity index (χ0v) is 17.5. The molecule has 0 unspecified atom stereocenters. The van der Waals surface area contributed by atoms with Crippen LogP contribution >= 0.6 is 0 Å². The first-order chi connectivity index (χ1) is 14.7. The molecule has 2 amide bonds. The molecular weight excluding hydrogens is 426 g/mol. The Kier molecular flexibility index (Phi) is 5.19. The lowest BCUT2D eigenvalue weighted by Crippen LogP contribution is -2.51. The van der Waals surface area contributed by atoms with Gasteiger partial charge < -0.3 is 19.6 Å². The predicted molar refractivity (Wildman–Crippen MR) is 110 cm³/mol. The van der Waals surface area contributed by atoms with E-state index in [1.54, 1.807) is 24.3 Å². The van der Waals surface area contributed by atoms with Gasteiger partial charge in [-0.25, -0.2) is 13.2 Å². The SMILES string of the molecule is Cn1cc(S(=O)(=O)N2CCN(C(=O)Cn3c(=O)oc4ccccc43)CC2)cc1C(N)=O. The second kappa shape index (κ2) is 7.71. The zero-order chi connectivity index (χ0) is 22.3. The van der Waals surface area contributed by atoms with Gasteiger partial charge in [-0.15, -0.1) is 0 Å². The monoisotopic (exact) mass is 447 g/mol. The molecule has 0 radical (unpaired) electrons. The molecule has 1 saturated heterocycles. The van der Waals surface area contributed by atoms with Gasteiger partial charge in [-0.1, -0.05) is 12.1 Å².